The number of nitrogens with one attached hydrogen (secondary N) is 1. The summed E-state index contributed by atoms with van der Waals surface area (Å²) < 4.78 is 11.1. The highest BCUT2D eigenvalue weighted by molar-refractivity contribution is 6.36. The van der Waals surface area contributed by atoms with Crippen LogP contribution in [0.1, 0.15) is 17.6 Å². The molecule has 3 rings (SSSR count). The third kappa shape index (κ3) is 3.11. The number of carbonyl (C=O) groups excluding carboxylic acids is 1. The van der Waals surface area contributed by atoms with Gasteiger partial charge >= 0.3 is 6.09 Å². The lowest BCUT2D eigenvalue weighted by atomic mass is 10.1. The van der Waals surface area contributed by atoms with Crippen molar-refractivity contribution >= 4 is 40.4 Å². The van der Waals surface area contributed by atoms with Crippen molar-refractivity contribution in [2.45, 2.75) is 6.10 Å². The monoisotopic (exact) mass is 350 g/mol. The first kappa shape index (κ1) is 15.6. The molecule has 1 heterocycles. The van der Waals surface area contributed by atoms with Gasteiger partial charge < -0.3 is 14.5 Å². The van der Waals surface area contributed by atoms with Crippen molar-refractivity contribution in [2.24, 2.45) is 0 Å². The van der Waals surface area contributed by atoms with E-state index >= 15 is 0 Å². The molecule has 0 bridgehead atoms. The molecule has 0 spiro atoms. The Morgan fingerprint density at radius 3 is 2.52 bits per heavy atom. The standard InChI is InChI=1S/C16H12Cl2N2O3/c1-19-16(21)23-14(13-9(17)5-4-6-10(13)18)15-20-11-7-2-3-8-12(11)22-15/h2-8,14H,1H3,(H,19,21). The van der Waals surface area contributed by atoms with Gasteiger partial charge in [0.2, 0.25) is 12.0 Å². The zero-order valence-corrected chi connectivity index (χ0v) is 13.6. The van der Waals surface area contributed by atoms with Crippen molar-refractivity contribution in [3.63, 3.8) is 0 Å². The Labute approximate surface area is 142 Å². The zero-order chi connectivity index (χ0) is 16.4. The van der Waals surface area contributed by atoms with E-state index in [-0.39, 0.29) is 5.89 Å². The molecule has 0 aliphatic heterocycles. The minimum atomic E-state index is -0.955. The largest absolute Gasteiger partial charge is 0.436 e. The van der Waals surface area contributed by atoms with Crippen LogP contribution in [-0.4, -0.2) is 18.1 Å². The second-order valence-electron chi connectivity index (χ2n) is 4.69. The number of hydrogen-bond acceptors (Lipinski definition) is 4. The van der Waals surface area contributed by atoms with Crippen LogP contribution in [0.2, 0.25) is 10.0 Å². The molecule has 1 amide bonds. The molecule has 0 aliphatic carbocycles. The minimum absolute atomic E-state index is 0.199. The Hall–Kier alpha value is -2.24. The Balaban J connectivity index is 2.13. The second kappa shape index (κ2) is 6.48. The topological polar surface area (TPSA) is 64.4 Å². The van der Waals surface area contributed by atoms with Gasteiger partial charge in [0.1, 0.15) is 5.52 Å². The number of halogens is 2. The number of oxazole rings is 1. The van der Waals surface area contributed by atoms with Gasteiger partial charge in [0, 0.05) is 22.7 Å². The van der Waals surface area contributed by atoms with Gasteiger partial charge in [0.15, 0.2) is 5.58 Å². The Morgan fingerprint density at radius 1 is 1.17 bits per heavy atom. The molecule has 5 nitrogen and oxygen atoms in total. The fraction of sp³-hybridized carbons (Fsp3) is 0.125. The number of alkyl carbamates (subject to hydrolysis) is 1. The van der Waals surface area contributed by atoms with E-state index in [1.54, 1.807) is 30.3 Å². The summed E-state index contributed by atoms with van der Waals surface area (Å²) >= 11 is 12.5. The lowest BCUT2D eigenvalue weighted by molar-refractivity contribution is 0.105. The average Bonchev–Trinajstić information content (AvgIpc) is 2.97. The van der Waals surface area contributed by atoms with Crippen molar-refractivity contribution in [1.29, 1.82) is 0 Å². The third-order valence-corrected chi connectivity index (χ3v) is 3.88. The molecule has 23 heavy (non-hydrogen) atoms. The van der Waals surface area contributed by atoms with E-state index in [0.717, 1.165) is 0 Å². The molecule has 0 aliphatic rings. The molecule has 118 valence electrons. The number of rotatable bonds is 3. The number of para-hydroxylation sites is 2. The number of carbonyl (C=O) groups is 1. The highest BCUT2D eigenvalue weighted by Gasteiger charge is 2.28. The van der Waals surface area contributed by atoms with Gasteiger partial charge in [0.25, 0.3) is 0 Å². The first-order valence-corrected chi connectivity index (χ1v) is 7.53. The molecule has 1 N–H and O–H groups in total. The summed E-state index contributed by atoms with van der Waals surface area (Å²) in [6, 6.07) is 12.3. The maximum atomic E-state index is 11.7. The number of hydrogen-bond donors (Lipinski definition) is 1. The Kier molecular flexibility index (Phi) is 4.41. The molecular weight excluding hydrogens is 339 g/mol. The van der Waals surface area contributed by atoms with Crippen LogP contribution in [0.4, 0.5) is 4.79 Å². The smallest absolute Gasteiger partial charge is 0.408 e. The Bertz CT molecular complexity index is 810. The van der Waals surface area contributed by atoms with Gasteiger partial charge in [-0.2, -0.15) is 0 Å². The maximum Gasteiger partial charge on any atom is 0.408 e. The molecular formula is C16H12Cl2N2O3. The lowest BCUT2D eigenvalue weighted by Crippen LogP contribution is -2.23. The van der Waals surface area contributed by atoms with E-state index in [1.165, 1.54) is 7.05 Å². The highest BCUT2D eigenvalue weighted by Crippen LogP contribution is 2.37. The summed E-state index contributed by atoms with van der Waals surface area (Å²) in [6.45, 7) is 0. The van der Waals surface area contributed by atoms with Gasteiger partial charge in [0.05, 0.1) is 0 Å². The molecule has 0 radical (unpaired) electrons. The molecule has 0 saturated carbocycles. The van der Waals surface area contributed by atoms with Gasteiger partial charge in [-0.05, 0) is 24.3 Å². The van der Waals surface area contributed by atoms with Crippen molar-refractivity contribution < 1.29 is 13.9 Å². The number of nitrogens with zero attached hydrogens (tertiary/aromatic N) is 1. The van der Waals surface area contributed by atoms with E-state index in [1.807, 2.05) is 12.1 Å². The minimum Gasteiger partial charge on any atom is -0.436 e. The molecule has 1 aromatic heterocycles. The van der Waals surface area contributed by atoms with Gasteiger partial charge in [-0.25, -0.2) is 9.78 Å². The molecule has 1 unspecified atom stereocenters. The number of ether oxygens (including phenoxy) is 1. The van der Waals surface area contributed by atoms with Crippen molar-refractivity contribution in [1.82, 2.24) is 10.3 Å². The highest BCUT2D eigenvalue weighted by atomic mass is 35.5. The first-order valence-electron chi connectivity index (χ1n) is 6.78. The Morgan fingerprint density at radius 2 is 1.87 bits per heavy atom. The fourth-order valence-corrected chi connectivity index (χ4v) is 2.76. The van der Waals surface area contributed by atoms with Gasteiger partial charge in [-0.3, -0.25) is 0 Å². The molecule has 7 heteroatoms. The zero-order valence-electron chi connectivity index (χ0n) is 12.0. The van der Waals surface area contributed by atoms with Crippen LogP contribution in [-0.2, 0) is 4.74 Å². The lowest BCUT2D eigenvalue weighted by Gasteiger charge is -2.17. The molecule has 3 aromatic rings. The van der Waals surface area contributed by atoms with E-state index < -0.39 is 12.2 Å². The van der Waals surface area contributed by atoms with Crippen LogP contribution in [0.5, 0.6) is 0 Å². The van der Waals surface area contributed by atoms with Crippen LogP contribution >= 0.6 is 23.2 Å². The molecule has 1 atom stereocenters. The van der Waals surface area contributed by atoms with E-state index in [0.29, 0.717) is 26.7 Å². The second-order valence-corrected chi connectivity index (χ2v) is 5.50. The van der Waals surface area contributed by atoms with Crippen LogP contribution < -0.4 is 5.32 Å². The first-order chi connectivity index (χ1) is 11.1. The summed E-state index contributed by atoms with van der Waals surface area (Å²) in [5.74, 6) is 0.199. The summed E-state index contributed by atoms with van der Waals surface area (Å²) in [6.07, 6.45) is -1.60. The van der Waals surface area contributed by atoms with Crippen molar-refractivity contribution in [3.05, 3.63) is 64.0 Å². The van der Waals surface area contributed by atoms with E-state index in [4.69, 9.17) is 32.4 Å². The fourth-order valence-electron chi connectivity index (χ4n) is 2.16. The average molecular weight is 351 g/mol. The normalized spacial score (nSPS) is 12.1. The van der Waals surface area contributed by atoms with Crippen LogP contribution in [0.15, 0.2) is 46.9 Å². The van der Waals surface area contributed by atoms with Crippen LogP contribution in [0.25, 0.3) is 11.1 Å². The van der Waals surface area contributed by atoms with Gasteiger partial charge in [-0.15, -0.1) is 0 Å². The van der Waals surface area contributed by atoms with E-state index in [9.17, 15) is 4.79 Å². The van der Waals surface area contributed by atoms with Gasteiger partial charge in [-0.1, -0.05) is 41.4 Å². The summed E-state index contributed by atoms with van der Waals surface area (Å²) in [5.41, 5.74) is 1.65. The number of amides is 1. The number of benzene rings is 2. The summed E-state index contributed by atoms with van der Waals surface area (Å²) in [7, 11) is 1.46. The SMILES string of the molecule is CNC(=O)OC(c1nc2ccccc2o1)c1c(Cl)cccc1Cl. The predicted octanol–water partition coefficient (Wildman–Crippen LogP) is 4.58. The number of aromatic nitrogens is 1. The van der Waals surface area contributed by atoms with E-state index in [2.05, 4.69) is 10.3 Å². The predicted molar refractivity (Wildman–Crippen MR) is 87.9 cm³/mol. The summed E-state index contributed by atoms with van der Waals surface area (Å²) in [5, 5.41) is 3.10. The quantitative estimate of drug-likeness (QED) is 0.750. The van der Waals surface area contributed by atoms with Crippen LogP contribution in [0, 0.1) is 0 Å². The summed E-state index contributed by atoms with van der Waals surface area (Å²) in [4.78, 5) is 16.1. The molecule has 0 saturated heterocycles. The number of fused-ring (bicyclic) bond motifs is 1. The maximum absolute atomic E-state index is 11.7. The van der Waals surface area contributed by atoms with Crippen LogP contribution in [0.3, 0.4) is 0 Å². The molecule has 0 fully saturated rings. The van der Waals surface area contributed by atoms with Crippen molar-refractivity contribution in [3.8, 4) is 0 Å². The van der Waals surface area contributed by atoms with Crippen molar-refractivity contribution in [2.75, 3.05) is 7.05 Å². The molecule has 2 aromatic carbocycles. The third-order valence-electron chi connectivity index (χ3n) is 3.23.